The van der Waals surface area contributed by atoms with E-state index < -0.39 is 0 Å². The average Bonchev–Trinajstić information content (AvgIpc) is 2.59. The molecule has 4 heteroatoms. The molecule has 1 atom stereocenters. The molecule has 1 aromatic rings. The Balaban J connectivity index is 2.05. The van der Waals surface area contributed by atoms with Gasteiger partial charge in [0.1, 0.15) is 0 Å². The SMILES string of the molecule is CCN(Cc1ccc(C(=O)N2CCCCC2CN)cc1)C(C)C. The van der Waals surface area contributed by atoms with Crippen LogP contribution in [0.2, 0.25) is 0 Å². The van der Waals surface area contributed by atoms with Gasteiger partial charge in [-0.05, 0) is 57.4 Å². The van der Waals surface area contributed by atoms with Crippen molar-refractivity contribution in [2.75, 3.05) is 19.6 Å². The Morgan fingerprint density at radius 3 is 2.57 bits per heavy atom. The Labute approximate surface area is 140 Å². The first-order valence-electron chi connectivity index (χ1n) is 8.90. The monoisotopic (exact) mass is 317 g/mol. The Kier molecular flexibility index (Phi) is 6.60. The van der Waals surface area contributed by atoms with Crippen molar-refractivity contribution in [3.63, 3.8) is 0 Å². The molecule has 0 spiro atoms. The summed E-state index contributed by atoms with van der Waals surface area (Å²) in [7, 11) is 0. The molecule has 1 heterocycles. The highest BCUT2D eigenvalue weighted by Crippen LogP contribution is 2.19. The Morgan fingerprint density at radius 1 is 1.30 bits per heavy atom. The van der Waals surface area contributed by atoms with Gasteiger partial charge in [-0.25, -0.2) is 0 Å². The van der Waals surface area contributed by atoms with Crippen LogP contribution in [-0.2, 0) is 6.54 Å². The number of nitrogens with zero attached hydrogens (tertiary/aromatic N) is 2. The third kappa shape index (κ3) is 4.55. The van der Waals surface area contributed by atoms with Crippen LogP contribution >= 0.6 is 0 Å². The summed E-state index contributed by atoms with van der Waals surface area (Å²) in [5, 5.41) is 0. The fourth-order valence-corrected chi connectivity index (χ4v) is 3.33. The van der Waals surface area contributed by atoms with Gasteiger partial charge in [-0.3, -0.25) is 9.69 Å². The summed E-state index contributed by atoms with van der Waals surface area (Å²) in [6, 6.07) is 8.83. The smallest absolute Gasteiger partial charge is 0.254 e. The van der Waals surface area contributed by atoms with Gasteiger partial charge in [0.15, 0.2) is 0 Å². The van der Waals surface area contributed by atoms with Crippen molar-refractivity contribution in [3.8, 4) is 0 Å². The summed E-state index contributed by atoms with van der Waals surface area (Å²) < 4.78 is 0. The van der Waals surface area contributed by atoms with E-state index in [1.165, 1.54) is 12.0 Å². The van der Waals surface area contributed by atoms with Gasteiger partial charge in [-0.2, -0.15) is 0 Å². The second-order valence-corrected chi connectivity index (χ2v) is 6.74. The highest BCUT2D eigenvalue weighted by Gasteiger charge is 2.26. The van der Waals surface area contributed by atoms with E-state index in [4.69, 9.17) is 5.73 Å². The van der Waals surface area contributed by atoms with Crippen LogP contribution in [0.4, 0.5) is 0 Å². The number of nitrogens with two attached hydrogens (primary N) is 1. The van der Waals surface area contributed by atoms with E-state index in [0.717, 1.165) is 38.0 Å². The number of piperidine rings is 1. The zero-order valence-electron chi connectivity index (χ0n) is 14.8. The molecule has 1 saturated heterocycles. The van der Waals surface area contributed by atoms with E-state index in [-0.39, 0.29) is 11.9 Å². The lowest BCUT2D eigenvalue weighted by molar-refractivity contribution is 0.0623. The maximum Gasteiger partial charge on any atom is 0.254 e. The Hall–Kier alpha value is -1.39. The van der Waals surface area contributed by atoms with Gasteiger partial charge >= 0.3 is 0 Å². The lowest BCUT2D eigenvalue weighted by Crippen LogP contribution is -2.47. The molecule has 1 aromatic carbocycles. The predicted molar refractivity (Wildman–Crippen MR) is 95.4 cm³/mol. The van der Waals surface area contributed by atoms with Crippen LogP contribution in [0.3, 0.4) is 0 Å². The highest BCUT2D eigenvalue weighted by atomic mass is 16.2. The van der Waals surface area contributed by atoms with Crippen molar-refractivity contribution in [2.24, 2.45) is 5.73 Å². The van der Waals surface area contributed by atoms with Crippen molar-refractivity contribution >= 4 is 5.91 Å². The second kappa shape index (κ2) is 8.46. The van der Waals surface area contributed by atoms with Gasteiger partial charge in [-0.1, -0.05) is 19.1 Å². The van der Waals surface area contributed by atoms with Gasteiger partial charge in [-0.15, -0.1) is 0 Å². The van der Waals surface area contributed by atoms with E-state index in [2.05, 4.69) is 37.8 Å². The fraction of sp³-hybridized carbons (Fsp3) is 0.632. The molecule has 128 valence electrons. The summed E-state index contributed by atoms with van der Waals surface area (Å²) in [5.74, 6) is 0.128. The van der Waals surface area contributed by atoms with E-state index in [0.29, 0.717) is 12.6 Å². The fourth-order valence-electron chi connectivity index (χ4n) is 3.33. The molecule has 0 aromatic heterocycles. The summed E-state index contributed by atoms with van der Waals surface area (Å²) in [6.07, 6.45) is 3.28. The van der Waals surface area contributed by atoms with E-state index in [9.17, 15) is 4.79 Å². The molecular weight excluding hydrogens is 286 g/mol. The normalized spacial score (nSPS) is 18.7. The number of hydrogen-bond acceptors (Lipinski definition) is 3. The maximum absolute atomic E-state index is 12.7. The largest absolute Gasteiger partial charge is 0.334 e. The van der Waals surface area contributed by atoms with Crippen LogP contribution in [0.5, 0.6) is 0 Å². The van der Waals surface area contributed by atoms with Crippen LogP contribution in [-0.4, -0.2) is 47.4 Å². The third-order valence-electron chi connectivity index (χ3n) is 4.88. The molecule has 1 fully saturated rings. The molecule has 0 aliphatic carbocycles. The van der Waals surface area contributed by atoms with Gasteiger partial charge in [0.05, 0.1) is 0 Å². The number of rotatable bonds is 6. The van der Waals surface area contributed by atoms with Crippen LogP contribution in [0.1, 0.15) is 56.0 Å². The van der Waals surface area contributed by atoms with Crippen molar-refractivity contribution < 1.29 is 4.79 Å². The molecule has 23 heavy (non-hydrogen) atoms. The molecule has 0 bridgehead atoms. The number of carbonyl (C=O) groups is 1. The van der Waals surface area contributed by atoms with Gasteiger partial charge in [0.25, 0.3) is 5.91 Å². The number of amides is 1. The first kappa shape index (κ1) is 18.0. The van der Waals surface area contributed by atoms with Crippen LogP contribution < -0.4 is 5.73 Å². The summed E-state index contributed by atoms with van der Waals surface area (Å²) >= 11 is 0. The molecule has 1 aliphatic rings. The zero-order chi connectivity index (χ0) is 16.8. The summed E-state index contributed by atoms with van der Waals surface area (Å²) in [4.78, 5) is 17.1. The number of hydrogen-bond donors (Lipinski definition) is 1. The molecule has 2 rings (SSSR count). The van der Waals surface area contributed by atoms with E-state index in [1.54, 1.807) is 0 Å². The molecule has 0 saturated carbocycles. The van der Waals surface area contributed by atoms with Crippen molar-refractivity contribution in [1.29, 1.82) is 0 Å². The quantitative estimate of drug-likeness (QED) is 0.877. The Bertz CT molecular complexity index is 498. The molecule has 1 unspecified atom stereocenters. The van der Waals surface area contributed by atoms with Crippen LogP contribution in [0.25, 0.3) is 0 Å². The van der Waals surface area contributed by atoms with Crippen molar-refractivity contribution in [2.45, 2.75) is 58.7 Å². The summed E-state index contributed by atoms with van der Waals surface area (Å²) in [6.45, 7) is 9.96. The number of likely N-dealkylation sites (tertiary alicyclic amines) is 1. The topological polar surface area (TPSA) is 49.6 Å². The highest BCUT2D eigenvalue weighted by molar-refractivity contribution is 5.94. The van der Waals surface area contributed by atoms with Gasteiger partial charge in [0.2, 0.25) is 0 Å². The van der Waals surface area contributed by atoms with Gasteiger partial charge < -0.3 is 10.6 Å². The molecule has 1 aliphatic heterocycles. The first-order chi connectivity index (χ1) is 11.1. The third-order valence-corrected chi connectivity index (χ3v) is 4.88. The first-order valence-corrected chi connectivity index (χ1v) is 8.90. The van der Waals surface area contributed by atoms with Crippen LogP contribution in [0, 0.1) is 0 Å². The lowest BCUT2D eigenvalue weighted by atomic mass is 10.0. The van der Waals surface area contributed by atoms with Crippen molar-refractivity contribution in [1.82, 2.24) is 9.80 Å². The minimum Gasteiger partial charge on any atom is -0.334 e. The molecule has 2 N–H and O–H groups in total. The average molecular weight is 317 g/mol. The standard InChI is InChI=1S/C19H31N3O/c1-4-21(15(2)3)14-16-8-10-17(11-9-16)19(23)22-12-6-5-7-18(22)13-20/h8-11,15,18H,4-7,12-14,20H2,1-3H3. The summed E-state index contributed by atoms with van der Waals surface area (Å²) in [5.41, 5.74) is 7.87. The predicted octanol–water partition coefficient (Wildman–Crippen LogP) is 2.87. The number of benzene rings is 1. The lowest BCUT2D eigenvalue weighted by Gasteiger charge is -2.35. The van der Waals surface area contributed by atoms with E-state index >= 15 is 0 Å². The zero-order valence-corrected chi connectivity index (χ0v) is 14.8. The molecule has 4 nitrogen and oxygen atoms in total. The van der Waals surface area contributed by atoms with Crippen molar-refractivity contribution in [3.05, 3.63) is 35.4 Å². The van der Waals surface area contributed by atoms with E-state index in [1.807, 2.05) is 17.0 Å². The minimum absolute atomic E-state index is 0.128. The molecule has 0 radical (unpaired) electrons. The minimum atomic E-state index is 0.128. The second-order valence-electron chi connectivity index (χ2n) is 6.74. The van der Waals surface area contributed by atoms with Crippen LogP contribution in [0.15, 0.2) is 24.3 Å². The van der Waals surface area contributed by atoms with Gasteiger partial charge in [0, 0.05) is 37.3 Å². The molecular formula is C19H31N3O. The number of carbonyl (C=O) groups excluding carboxylic acids is 1. The molecule has 1 amide bonds. The Morgan fingerprint density at radius 2 is 2.00 bits per heavy atom. The maximum atomic E-state index is 12.7.